The maximum atomic E-state index is 12.4. The van der Waals surface area contributed by atoms with E-state index in [9.17, 15) is 9.59 Å². The molecule has 1 heterocycles. The first-order valence-electron chi connectivity index (χ1n) is 7.07. The minimum absolute atomic E-state index is 0.0782. The third kappa shape index (κ3) is 3.79. The molecule has 1 amide bonds. The first-order chi connectivity index (χ1) is 9.65. The van der Waals surface area contributed by atoms with Crippen molar-refractivity contribution < 1.29 is 14.3 Å². The SMILES string of the molecule is CCCN(CC1CC1)C(=O)c1csc(C(=O)OCC)n1. The molecule has 0 aromatic carbocycles. The van der Waals surface area contributed by atoms with Crippen molar-refractivity contribution in [1.29, 1.82) is 0 Å². The highest BCUT2D eigenvalue weighted by molar-refractivity contribution is 7.11. The molecule has 0 saturated heterocycles. The molecule has 110 valence electrons. The highest BCUT2D eigenvalue weighted by Gasteiger charge is 2.28. The minimum atomic E-state index is -0.458. The van der Waals surface area contributed by atoms with Crippen LogP contribution < -0.4 is 0 Å². The second-order valence-electron chi connectivity index (χ2n) is 4.95. The lowest BCUT2D eigenvalue weighted by molar-refractivity contribution is 0.0526. The molecule has 0 unspecified atom stereocenters. The molecule has 1 aliphatic carbocycles. The Hall–Kier alpha value is -1.43. The number of amides is 1. The second kappa shape index (κ2) is 6.83. The van der Waals surface area contributed by atoms with E-state index in [0.717, 1.165) is 30.8 Å². The largest absolute Gasteiger partial charge is 0.461 e. The van der Waals surface area contributed by atoms with E-state index in [0.29, 0.717) is 18.2 Å². The van der Waals surface area contributed by atoms with Crippen LogP contribution in [0.1, 0.15) is 53.4 Å². The van der Waals surface area contributed by atoms with Gasteiger partial charge in [-0.2, -0.15) is 0 Å². The van der Waals surface area contributed by atoms with Crippen LogP contribution in [0.15, 0.2) is 5.38 Å². The smallest absolute Gasteiger partial charge is 0.367 e. The fourth-order valence-electron chi connectivity index (χ4n) is 1.98. The van der Waals surface area contributed by atoms with Gasteiger partial charge in [-0.3, -0.25) is 4.79 Å². The van der Waals surface area contributed by atoms with Crippen molar-refractivity contribution in [3.63, 3.8) is 0 Å². The van der Waals surface area contributed by atoms with Crippen LogP contribution in [0, 0.1) is 5.92 Å². The van der Waals surface area contributed by atoms with Crippen LogP contribution in [0.25, 0.3) is 0 Å². The molecule has 5 nitrogen and oxygen atoms in total. The molecule has 0 N–H and O–H groups in total. The normalized spacial score (nSPS) is 14.1. The number of hydrogen-bond donors (Lipinski definition) is 0. The third-order valence-corrected chi connectivity index (χ3v) is 3.95. The van der Waals surface area contributed by atoms with Gasteiger partial charge in [-0.25, -0.2) is 9.78 Å². The molecule has 20 heavy (non-hydrogen) atoms. The van der Waals surface area contributed by atoms with Crippen LogP contribution in [-0.4, -0.2) is 41.5 Å². The Morgan fingerprint density at radius 1 is 1.45 bits per heavy atom. The maximum absolute atomic E-state index is 12.4. The van der Waals surface area contributed by atoms with E-state index in [1.165, 1.54) is 12.8 Å². The summed E-state index contributed by atoms with van der Waals surface area (Å²) in [6.07, 6.45) is 3.34. The Labute approximate surface area is 122 Å². The van der Waals surface area contributed by atoms with Gasteiger partial charge in [0.2, 0.25) is 5.01 Å². The summed E-state index contributed by atoms with van der Waals surface area (Å²) < 4.78 is 4.89. The summed E-state index contributed by atoms with van der Waals surface area (Å²) in [6, 6.07) is 0. The number of carbonyl (C=O) groups is 2. The minimum Gasteiger partial charge on any atom is -0.461 e. The van der Waals surface area contributed by atoms with Crippen molar-refractivity contribution in [3.8, 4) is 0 Å². The van der Waals surface area contributed by atoms with Crippen LogP contribution in [0.3, 0.4) is 0 Å². The number of rotatable bonds is 7. The van der Waals surface area contributed by atoms with Gasteiger partial charge in [-0.1, -0.05) is 6.92 Å². The highest BCUT2D eigenvalue weighted by atomic mass is 32.1. The molecule has 6 heteroatoms. The summed E-state index contributed by atoms with van der Waals surface area (Å²) in [5, 5.41) is 1.89. The molecule has 0 bridgehead atoms. The lowest BCUT2D eigenvalue weighted by Crippen LogP contribution is -2.33. The predicted octanol–water partition coefficient (Wildman–Crippen LogP) is 2.58. The summed E-state index contributed by atoms with van der Waals surface area (Å²) >= 11 is 1.16. The summed E-state index contributed by atoms with van der Waals surface area (Å²) in [5.74, 6) is 0.111. The molecular formula is C14H20N2O3S. The molecule has 0 aliphatic heterocycles. The standard InChI is InChI=1S/C14H20N2O3S/c1-3-7-16(8-10-5-6-10)13(17)11-9-20-12(15-11)14(18)19-4-2/h9-10H,3-8H2,1-2H3. The van der Waals surface area contributed by atoms with Gasteiger partial charge in [-0.15, -0.1) is 11.3 Å². The number of carbonyl (C=O) groups excluding carboxylic acids is 2. The molecular weight excluding hydrogens is 276 g/mol. The van der Waals surface area contributed by atoms with Gasteiger partial charge in [0, 0.05) is 18.5 Å². The van der Waals surface area contributed by atoms with Gasteiger partial charge < -0.3 is 9.64 Å². The first-order valence-corrected chi connectivity index (χ1v) is 7.95. The van der Waals surface area contributed by atoms with Crippen LogP contribution >= 0.6 is 11.3 Å². The number of nitrogens with zero attached hydrogens (tertiary/aromatic N) is 2. The summed E-state index contributed by atoms with van der Waals surface area (Å²) in [4.78, 5) is 29.9. The number of hydrogen-bond acceptors (Lipinski definition) is 5. The van der Waals surface area contributed by atoms with E-state index in [2.05, 4.69) is 11.9 Å². The predicted molar refractivity (Wildman–Crippen MR) is 77.0 cm³/mol. The van der Waals surface area contributed by atoms with E-state index in [4.69, 9.17) is 4.74 Å². The Bertz CT molecular complexity index is 483. The number of ether oxygens (including phenoxy) is 1. The zero-order valence-corrected chi connectivity index (χ0v) is 12.7. The quantitative estimate of drug-likeness (QED) is 0.726. The van der Waals surface area contributed by atoms with Crippen LogP contribution in [0.2, 0.25) is 0 Å². The fourth-order valence-corrected chi connectivity index (χ4v) is 2.66. The maximum Gasteiger partial charge on any atom is 0.367 e. The summed E-state index contributed by atoms with van der Waals surface area (Å²) in [7, 11) is 0. The molecule has 1 fully saturated rings. The van der Waals surface area contributed by atoms with Gasteiger partial charge in [0.05, 0.1) is 6.61 Å². The van der Waals surface area contributed by atoms with Crippen LogP contribution in [-0.2, 0) is 4.74 Å². The Balaban J connectivity index is 2.04. The second-order valence-corrected chi connectivity index (χ2v) is 5.81. The van der Waals surface area contributed by atoms with Crippen molar-refractivity contribution in [3.05, 3.63) is 16.1 Å². The zero-order chi connectivity index (χ0) is 14.5. The van der Waals surface area contributed by atoms with Gasteiger partial charge in [0.1, 0.15) is 5.69 Å². The molecule has 2 rings (SSSR count). The van der Waals surface area contributed by atoms with E-state index in [1.807, 2.05) is 4.90 Å². The van der Waals surface area contributed by atoms with Crippen molar-refractivity contribution in [2.45, 2.75) is 33.1 Å². The lowest BCUT2D eigenvalue weighted by Gasteiger charge is -2.20. The van der Waals surface area contributed by atoms with Crippen molar-refractivity contribution in [1.82, 2.24) is 9.88 Å². The van der Waals surface area contributed by atoms with E-state index < -0.39 is 5.97 Å². The van der Waals surface area contributed by atoms with E-state index in [1.54, 1.807) is 12.3 Å². The van der Waals surface area contributed by atoms with Crippen molar-refractivity contribution in [2.75, 3.05) is 19.7 Å². The van der Waals surface area contributed by atoms with E-state index >= 15 is 0 Å². The Morgan fingerprint density at radius 3 is 2.80 bits per heavy atom. The fraction of sp³-hybridized carbons (Fsp3) is 0.643. The average molecular weight is 296 g/mol. The number of esters is 1. The molecule has 1 aromatic rings. The average Bonchev–Trinajstić information content (AvgIpc) is 3.11. The van der Waals surface area contributed by atoms with Crippen molar-refractivity contribution in [2.24, 2.45) is 5.92 Å². The molecule has 0 spiro atoms. The first kappa shape index (κ1) is 15.0. The topological polar surface area (TPSA) is 59.5 Å². The van der Waals surface area contributed by atoms with Crippen LogP contribution in [0.4, 0.5) is 0 Å². The number of aromatic nitrogens is 1. The zero-order valence-electron chi connectivity index (χ0n) is 11.9. The van der Waals surface area contributed by atoms with Gasteiger partial charge in [0.25, 0.3) is 5.91 Å². The van der Waals surface area contributed by atoms with Crippen LogP contribution in [0.5, 0.6) is 0 Å². The lowest BCUT2D eigenvalue weighted by atomic mass is 10.3. The molecule has 1 aliphatic rings. The molecule has 0 atom stereocenters. The highest BCUT2D eigenvalue weighted by Crippen LogP contribution is 2.30. The van der Waals surface area contributed by atoms with Gasteiger partial charge in [0.15, 0.2) is 0 Å². The summed E-state index contributed by atoms with van der Waals surface area (Å²) in [6.45, 7) is 5.65. The third-order valence-electron chi connectivity index (χ3n) is 3.13. The van der Waals surface area contributed by atoms with Gasteiger partial charge >= 0.3 is 5.97 Å². The molecule has 1 aromatic heterocycles. The van der Waals surface area contributed by atoms with E-state index in [-0.39, 0.29) is 10.9 Å². The summed E-state index contributed by atoms with van der Waals surface area (Å²) in [5.41, 5.74) is 0.354. The number of thiazole rings is 1. The molecule has 0 radical (unpaired) electrons. The Morgan fingerprint density at radius 2 is 2.20 bits per heavy atom. The Kier molecular flexibility index (Phi) is 5.11. The monoisotopic (exact) mass is 296 g/mol. The van der Waals surface area contributed by atoms with Gasteiger partial charge in [-0.05, 0) is 32.1 Å². The van der Waals surface area contributed by atoms with Crippen molar-refractivity contribution >= 4 is 23.2 Å². The molecule has 1 saturated carbocycles.